The van der Waals surface area contributed by atoms with Gasteiger partial charge in [-0.15, -0.1) is 0 Å². The Labute approximate surface area is 156 Å². The summed E-state index contributed by atoms with van der Waals surface area (Å²) in [6.07, 6.45) is 0. The van der Waals surface area contributed by atoms with Crippen LogP contribution in [0.2, 0.25) is 0 Å². The predicted molar refractivity (Wildman–Crippen MR) is 106 cm³/mol. The van der Waals surface area contributed by atoms with Crippen LogP contribution in [0.3, 0.4) is 0 Å². The Morgan fingerprint density at radius 2 is 1.59 bits per heavy atom. The van der Waals surface area contributed by atoms with E-state index in [0.29, 0.717) is 11.6 Å². The van der Waals surface area contributed by atoms with Crippen LogP contribution < -0.4 is 10.1 Å². The van der Waals surface area contributed by atoms with E-state index in [1.165, 1.54) is 0 Å². The minimum atomic E-state index is 0.0315. The second kappa shape index (κ2) is 7.54. The lowest BCUT2D eigenvalue weighted by atomic mass is 10.2. The largest absolute Gasteiger partial charge is 0.479 e. The van der Waals surface area contributed by atoms with Crippen LogP contribution in [0.25, 0.3) is 22.3 Å². The number of aromatic nitrogens is 2. The molecule has 27 heavy (non-hydrogen) atoms. The van der Waals surface area contributed by atoms with Gasteiger partial charge in [-0.25, -0.2) is 9.97 Å². The molecule has 1 N–H and O–H groups in total. The van der Waals surface area contributed by atoms with Crippen LogP contribution in [-0.2, 0) is 0 Å². The van der Waals surface area contributed by atoms with E-state index in [4.69, 9.17) is 20.0 Å². The number of hydrogen-bond acceptors (Lipinski definition) is 5. The number of nitriles is 1. The van der Waals surface area contributed by atoms with Crippen LogP contribution in [0.4, 0.5) is 11.5 Å². The molecule has 0 aliphatic heterocycles. The lowest BCUT2D eigenvalue weighted by molar-refractivity contribution is 0.368. The smallest absolute Gasteiger partial charge is 0.174 e. The number of benzene rings is 3. The second-order valence-electron chi connectivity index (χ2n) is 5.88. The molecular weight excluding hydrogens is 336 g/mol. The molecule has 0 unspecified atom stereocenters. The summed E-state index contributed by atoms with van der Waals surface area (Å²) < 4.78 is 5.29. The molecule has 0 fully saturated rings. The molecule has 0 aliphatic carbocycles. The van der Waals surface area contributed by atoms with Gasteiger partial charge in [0, 0.05) is 16.6 Å². The Bertz CT molecular complexity index is 1100. The molecule has 3 aromatic carbocycles. The third-order valence-electron chi connectivity index (χ3n) is 4.06. The van der Waals surface area contributed by atoms with E-state index >= 15 is 0 Å². The first-order chi connectivity index (χ1) is 13.3. The number of nitrogens with zero attached hydrogens (tertiary/aromatic N) is 3. The number of ether oxygens (including phenoxy) is 1. The first-order valence-electron chi connectivity index (χ1n) is 8.52. The number of fused-ring (bicyclic) bond motifs is 1. The van der Waals surface area contributed by atoms with E-state index in [1.807, 2.05) is 84.9 Å². The van der Waals surface area contributed by atoms with E-state index in [2.05, 4.69) is 5.32 Å². The summed E-state index contributed by atoms with van der Waals surface area (Å²) in [5, 5.41) is 12.9. The van der Waals surface area contributed by atoms with Crippen molar-refractivity contribution in [1.29, 1.82) is 5.26 Å². The number of para-hydroxylation sites is 1. The summed E-state index contributed by atoms with van der Waals surface area (Å²) in [4.78, 5) is 9.44. The second-order valence-corrected chi connectivity index (χ2v) is 5.88. The molecule has 0 spiro atoms. The minimum Gasteiger partial charge on any atom is -0.479 e. The van der Waals surface area contributed by atoms with Crippen LogP contribution in [-0.4, -0.2) is 16.6 Å². The van der Waals surface area contributed by atoms with Gasteiger partial charge in [-0.3, -0.25) is 0 Å². The molecule has 1 heterocycles. The van der Waals surface area contributed by atoms with Crippen molar-refractivity contribution in [2.45, 2.75) is 0 Å². The average Bonchev–Trinajstić information content (AvgIpc) is 2.74. The van der Waals surface area contributed by atoms with Gasteiger partial charge in [0.25, 0.3) is 0 Å². The molecule has 0 atom stereocenters. The first-order valence-corrected chi connectivity index (χ1v) is 8.52. The van der Waals surface area contributed by atoms with E-state index in [1.54, 1.807) is 0 Å². The highest BCUT2D eigenvalue weighted by Crippen LogP contribution is 2.27. The number of hydrogen-bond donors (Lipinski definition) is 1. The summed E-state index contributed by atoms with van der Waals surface area (Å²) in [5.41, 5.74) is 2.72. The Morgan fingerprint density at radius 3 is 2.37 bits per heavy atom. The van der Waals surface area contributed by atoms with E-state index in [9.17, 15) is 0 Å². The van der Waals surface area contributed by atoms with Gasteiger partial charge >= 0.3 is 0 Å². The minimum absolute atomic E-state index is 0.0315. The molecule has 0 saturated heterocycles. The van der Waals surface area contributed by atoms with Crippen molar-refractivity contribution in [3.05, 3.63) is 78.9 Å². The maximum atomic E-state index is 8.60. The van der Waals surface area contributed by atoms with E-state index in [-0.39, 0.29) is 6.61 Å². The quantitative estimate of drug-likeness (QED) is 0.551. The Kier molecular flexibility index (Phi) is 4.62. The Balaban J connectivity index is 1.71. The fourth-order valence-corrected chi connectivity index (χ4v) is 2.78. The van der Waals surface area contributed by atoms with Crippen LogP contribution in [0, 0.1) is 11.3 Å². The molecule has 5 heteroatoms. The van der Waals surface area contributed by atoms with Crippen molar-refractivity contribution in [3.8, 4) is 23.2 Å². The van der Waals surface area contributed by atoms with Gasteiger partial charge < -0.3 is 10.1 Å². The summed E-state index contributed by atoms with van der Waals surface area (Å²) >= 11 is 0. The van der Waals surface area contributed by atoms with E-state index < -0.39 is 0 Å². The molecule has 4 aromatic rings. The highest BCUT2D eigenvalue weighted by molar-refractivity contribution is 5.92. The van der Waals surface area contributed by atoms with Crippen LogP contribution in [0.1, 0.15) is 0 Å². The molecule has 4 rings (SSSR count). The van der Waals surface area contributed by atoms with Crippen molar-refractivity contribution < 1.29 is 4.74 Å². The van der Waals surface area contributed by atoms with E-state index in [0.717, 1.165) is 28.0 Å². The lowest BCUT2D eigenvalue weighted by Crippen LogP contribution is -1.99. The zero-order valence-electron chi connectivity index (χ0n) is 14.5. The van der Waals surface area contributed by atoms with Crippen molar-refractivity contribution >= 4 is 22.4 Å². The van der Waals surface area contributed by atoms with Gasteiger partial charge in [0.15, 0.2) is 12.4 Å². The van der Waals surface area contributed by atoms with Crippen molar-refractivity contribution in [1.82, 2.24) is 9.97 Å². The van der Waals surface area contributed by atoms with Gasteiger partial charge in [-0.2, -0.15) is 5.26 Å². The van der Waals surface area contributed by atoms with Gasteiger partial charge in [0.1, 0.15) is 17.6 Å². The number of anilines is 2. The summed E-state index contributed by atoms with van der Waals surface area (Å²) in [6, 6.07) is 27.2. The maximum absolute atomic E-state index is 8.60. The third kappa shape index (κ3) is 3.70. The molecule has 130 valence electrons. The molecule has 0 saturated carbocycles. The molecule has 0 aliphatic rings. The highest BCUT2D eigenvalue weighted by Gasteiger charge is 2.09. The molecule has 0 amide bonds. The van der Waals surface area contributed by atoms with Gasteiger partial charge in [0.05, 0.1) is 5.52 Å². The van der Waals surface area contributed by atoms with Crippen LogP contribution in [0.5, 0.6) is 5.75 Å². The predicted octanol–water partition coefficient (Wildman–Crippen LogP) is 4.94. The number of rotatable bonds is 5. The van der Waals surface area contributed by atoms with Gasteiger partial charge in [0.2, 0.25) is 0 Å². The monoisotopic (exact) mass is 352 g/mol. The zero-order valence-corrected chi connectivity index (χ0v) is 14.5. The average molecular weight is 352 g/mol. The summed E-state index contributed by atoms with van der Waals surface area (Å²) in [6.45, 7) is 0.0315. The van der Waals surface area contributed by atoms with Crippen molar-refractivity contribution in [2.24, 2.45) is 0 Å². The maximum Gasteiger partial charge on any atom is 0.174 e. The number of nitrogens with one attached hydrogen (secondary N) is 1. The Morgan fingerprint density at radius 1 is 0.852 bits per heavy atom. The molecule has 1 aromatic heterocycles. The Hall–Kier alpha value is -3.91. The summed E-state index contributed by atoms with van der Waals surface area (Å²) in [5.74, 6) is 2.07. The zero-order chi connectivity index (χ0) is 18.5. The topological polar surface area (TPSA) is 70.8 Å². The first kappa shape index (κ1) is 16.6. The fraction of sp³-hybridized carbons (Fsp3) is 0.0455. The summed E-state index contributed by atoms with van der Waals surface area (Å²) in [7, 11) is 0. The highest BCUT2D eigenvalue weighted by atomic mass is 16.5. The molecule has 0 radical (unpaired) electrons. The van der Waals surface area contributed by atoms with Gasteiger partial charge in [-0.1, -0.05) is 42.5 Å². The third-order valence-corrected chi connectivity index (χ3v) is 4.06. The standard InChI is InChI=1S/C22H16N4O/c23-14-15-27-18-12-10-17(11-13-18)24-22-19-8-4-5-9-20(19)25-21(26-22)16-6-2-1-3-7-16/h1-13H,15H2,(H,24,25,26). The molecule has 0 bridgehead atoms. The lowest BCUT2D eigenvalue weighted by Gasteiger charge is -2.11. The molecular formula is C22H16N4O. The normalized spacial score (nSPS) is 10.3. The molecule has 5 nitrogen and oxygen atoms in total. The SMILES string of the molecule is N#CCOc1ccc(Nc2nc(-c3ccccc3)nc3ccccc23)cc1. The fourth-order valence-electron chi connectivity index (χ4n) is 2.78. The van der Waals surface area contributed by atoms with Crippen LogP contribution >= 0.6 is 0 Å². The van der Waals surface area contributed by atoms with Gasteiger partial charge in [-0.05, 0) is 36.4 Å². The van der Waals surface area contributed by atoms with Crippen molar-refractivity contribution in [3.63, 3.8) is 0 Å². The van der Waals surface area contributed by atoms with Crippen molar-refractivity contribution in [2.75, 3.05) is 11.9 Å². The van der Waals surface area contributed by atoms with Crippen LogP contribution in [0.15, 0.2) is 78.9 Å².